The third-order valence-corrected chi connectivity index (χ3v) is 11.7. The van der Waals surface area contributed by atoms with E-state index in [0.717, 1.165) is 0 Å². The van der Waals surface area contributed by atoms with Crippen molar-refractivity contribution in [3.63, 3.8) is 0 Å². The quantitative estimate of drug-likeness (QED) is 0.0256. The number of ether oxygens (including phenoxy) is 4. The number of carboxylic acids is 2. The number of benzene rings is 2. The molecule has 0 fully saturated rings. The summed E-state index contributed by atoms with van der Waals surface area (Å²) in [6.45, 7) is -0.888. The summed E-state index contributed by atoms with van der Waals surface area (Å²) in [4.78, 5) is 69.9. The van der Waals surface area contributed by atoms with Gasteiger partial charge in [-0.3, -0.25) is 9.59 Å². The van der Waals surface area contributed by atoms with Gasteiger partial charge < -0.3 is 90.4 Å². The molecule has 0 heterocycles. The molecule has 0 aliphatic rings. The van der Waals surface area contributed by atoms with Crippen LogP contribution in [-0.4, -0.2) is 209 Å². The van der Waals surface area contributed by atoms with E-state index in [0.29, 0.717) is 64.2 Å². The number of aliphatic hydroxyl groups is 12. The van der Waals surface area contributed by atoms with Gasteiger partial charge in [0, 0.05) is 65.7 Å². The fraction of sp³-hybridized carbons (Fsp3) is 0.667. The second-order valence-corrected chi connectivity index (χ2v) is 18.1. The SMILES string of the molecule is O=C(O)CCCCC(=O)O.O=C(OC(CCCO)C(O)CCCO)c1ccc(C(=O)OC(CCCO)C(O)CCCO)cc1.O=C(OC(CCCO)C(O)CCCO)c1ccc(C(=O)OC(CCCO)C(O)CCCO)cc1. The van der Waals surface area contributed by atoms with Crippen molar-refractivity contribution in [3.05, 3.63) is 70.8 Å². The summed E-state index contributed by atoms with van der Waals surface area (Å²) in [5.74, 6) is -4.55. The summed E-state index contributed by atoms with van der Waals surface area (Å²) in [6, 6.07) is 11.1. The molecule has 8 atom stereocenters. The lowest BCUT2D eigenvalue weighted by Gasteiger charge is -2.23. The average molecular weight is 1120 g/mol. The van der Waals surface area contributed by atoms with Crippen molar-refractivity contribution in [2.24, 2.45) is 0 Å². The van der Waals surface area contributed by atoms with Gasteiger partial charge in [-0.1, -0.05) is 0 Å². The second-order valence-electron chi connectivity index (χ2n) is 18.1. The summed E-state index contributed by atoms with van der Waals surface area (Å²) < 4.78 is 21.6. The second kappa shape index (κ2) is 45.6. The minimum Gasteiger partial charge on any atom is -0.481 e. The van der Waals surface area contributed by atoms with Crippen LogP contribution < -0.4 is 0 Å². The maximum Gasteiger partial charge on any atom is 0.338 e. The van der Waals surface area contributed by atoms with Crippen LogP contribution in [0, 0.1) is 0 Å². The third-order valence-electron chi connectivity index (χ3n) is 11.7. The van der Waals surface area contributed by atoms with E-state index in [1.165, 1.54) is 48.5 Å². The molecule has 0 spiro atoms. The van der Waals surface area contributed by atoms with Gasteiger partial charge in [0.05, 0.1) is 46.7 Å². The highest BCUT2D eigenvalue weighted by Gasteiger charge is 2.28. The number of unbranched alkanes of at least 4 members (excludes halogenated alkanes) is 1. The molecule has 0 aliphatic heterocycles. The van der Waals surface area contributed by atoms with Gasteiger partial charge in [0.2, 0.25) is 0 Å². The van der Waals surface area contributed by atoms with E-state index in [2.05, 4.69) is 0 Å². The van der Waals surface area contributed by atoms with Gasteiger partial charge in [0.25, 0.3) is 0 Å². The predicted octanol–water partition coefficient (Wildman–Crippen LogP) is 1.81. The van der Waals surface area contributed by atoms with E-state index in [4.69, 9.17) is 70.0 Å². The lowest BCUT2D eigenvalue weighted by Crippen LogP contribution is -2.32. The van der Waals surface area contributed by atoms with Gasteiger partial charge in [-0.25, -0.2) is 19.2 Å². The highest BCUT2D eigenvalue weighted by molar-refractivity contribution is 5.94. The number of aliphatic carboxylic acids is 2. The van der Waals surface area contributed by atoms with Crippen LogP contribution in [0.25, 0.3) is 0 Å². The molecule has 0 aliphatic carbocycles. The minimum atomic E-state index is -0.981. The van der Waals surface area contributed by atoms with Gasteiger partial charge in [-0.15, -0.1) is 0 Å². The molecule has 0 bridgehead atoms. The van der Waals surface area contributed by atoms with Crippen molar-refractivity contribution in [2.45, 2.75) is 177 Å². The Morgan fingerprint density at radius 1 is 0.295 bits per heavy atom. The fourth-order valence-electron chi connectivity index (χ4n) is 7.29. The lowest BCUT2D eigenvalue weighted by molar-refractivity contribution is -0.139. The van der Waals surface area contributed by atoms with Crippen molar-refractivity contribution in [1.82, 2.24) is 0 Å². The third kappa shape index (κ3) is 33.3. The van der Waals surface area contributed by atoms with Crippen molar-refractivity contribution in [3.8, 4) is 0 Å². The van der Waals surface area contributed by atoms with Crippen LogP contribution in [0.15, 0.2) is 48.5 Å². The smallest absolute Gasteiger partial charge is 0.338 e. The number of carboxylic acid groups (broad SMARTS) is 2. The van der Waals surface area contributed by atoms with Gasteiger partial charge in [-0.05, 0) is 164 Å². The van der Waals surface area contributed by atoms with Crippen molar-refractivity contribution in [1.29, 1.82) is 0 Å². The Balaban J connectivity index is 0.00000129. The van der Waals surface area contributed by atoms with Gasteiger partial charge in [0.15, 0.2) is 0 Å². The largest absolute Gasteiger partial charge is 0.481 e. The highest BCUT2D eigenvalue weighted by atomic mass is 16.6. The molecule has 8 unspecified atom stereocenters. The van der Waals surface area contributed by atoms with Crippen molar-refractivity contribution < 1.29 is 119 Å². The number of carbonyl (C=O) groups excluding carboxylic acids is 4. The average Bonchev–Trinajstić information content (AvgIpc) is 3.44. The zero-order valence-electron chi connectivity index (χ0n) is 44.4. The van der Waals surface area contributed by atoms with Crippen LogP contribution in [0.2, 0.25) is 0 Å². The Hall–Kier alpha value is -5.22. The maximum atomic E-state index is 12.5. The lowest BCUT2D eigenvalue weighted by atomic mass is 10.0. The number of aliphatic hydroxyl groups excluding tert-OH is 12. The molecule has 24 nitrogen and oxygen atoms in total. The molecule has 14 N–H and O–H groups in total. The van der Waals surface area contributed by atoms with E-state index >= 15 is 0 Å². The zero-order chi connectivity index (χ0) is 58.7. The van der Waals surface area contributed by atoms with Crippen molar-refractivity contribution in [2.75, 3.05) is 52.9 Å². The van der Waals surface area contributed by atoms with Crippen LogP contribution in [0.3, 0.4) is 0 Å². The maximum absolute atomic E-state index is 12.5. The van der Waals surface area contributed by atoms with Crippen LogP contribution in [0.5, 0.6) is 0 Å². The molecule has 2 aromatic carbocycles. The Labute approximate surface area is 454 Å². The van der Waals surface area contributed by atoms with E-state index in [-0.39, 0.29) is 139 Å². The Kier molecular flexibility index (Phi) is 42.6. The molecule has 0 saturated carbocycles. The molecule has 0 aromatic heterocycles. The van der Waals surface area contributed by atoms with Crippen LogP contribution >= 0.6 is 0 Å². The molecule has 24 heteroatoms. The number of esters is 4. The van der Waals surface area contributed by atoms with E-state index in [1.54, 1.807) is 0 Å². The molecule has 0 saturated heterocycles. The van der Waals surface area contributed by atoms with E-state index in [1.807, 2.05) is 0 Å². The van der Waals surface area contributed by atoms with Gasteiger partial charge in [-0.2, -0.15) is 0 Å². The monoisotopic (exact) mass is 1120 g/mol. The zero-order valence-corrected chi connectivity index (χ0v) is 44.4. The van der Waals surface area contributed by atoms with E-state index < -0.39 is 84.6 Å². The molecule has 2 rings (SSSR count). The highest BCUT2D eigenvalue weighted by Crippen LogP contribution is 2.21. The summed E-state index contributed by atoms with van der Waals surface area (Å²) >= 11 is 0. The first-order valence-electron chi connectivity index (χ1n) is 26.4. The Morgan fingerprint density at radius 3 is 0.615 bits per heavy atom. The molecule has 0 radical (unpaired) electrons. The normalized spacial score (nSPS) is 14.1. The molecule has 0 amide bonds. The molecule has 446 valence electrons. The molecular weight excluding hydrogens is 1030 g/mol. The van der Waals surface area contributed by atoms with Crippen LogP contribution in [0.1, 0.15) is 170 Å². The molecule has 2 aromatic rings. The summed E-state index contributed by atoms with van der Waals surface area (Å²) in [7, 11) is 0. The van der Waals surface area contributed by atoms with Gasteiger partial charge in [0.1, 0.15) is 24.4 Å². The first-order chi connectivity index (χ1) is 37.4. The van der Waals surface area contributed by atoms with E-state index in [9.17, 15) is 49.2 Å². The van der Waals surface area contributed by atoms with Crippen LogP contribution in [0.4, 0.5) is 0 Å². The topological polar surface area (TPSA) is 423 Å². The van der Waals surface area contributed by atoms with Crippen molar-refractivity contribution >= 4 is 35.8 Å². The number of hydrogen-bond donors (Lipinski definition) is 14. The summed E-state index contributed by atoms with van der Waals surface area (Å²) in [6.07, 6.45) is -1.57. The van der Waals surface area contributed by atoms with Crippen LogP contribution in [-0.2, 0) is 28.5 Å². The number of carbonyl (C=O) groups is 6. The predicted molar refractivity (Wildman–Crippen MR) is 278 cm³/mol. The molecular formula is C54H86O24. The first-order valence-corrected chi connectivity index (χ1v) is 26.4. The van der Waals surface area contributed by atoms with Gasteiger partial charge >= 0.3 is 35.8 Å². The molecule has 78 heavy (non-hydrogen) atoms. The number of hydrogen-bond acceptors (Lipinski definition) is 22. The Morgan fingerprint density at radius 2 is 0.462 bits per heavy atom. The fourth-order valence-corrected chi connectivity index (χ4v) is 7.29. The first kappa shape index (κ1) is 72.8. The minimum absolute atomic E-state index is 0.0628. The number of rotatable bonds is 41. The Bertz CT molecular complexity index is 1640. The summed E-state index contributed by atoms with van der Waals surface area (Å²) in [5, 5.41) is 129. The summed E-state index contributed by atoms with van der Waals surface area (Å²) in [5.41, 5.74) is 0.610. The standard InChI is InChI=1S/2C24H38O10.C6H10O4/c2*25-13-1-5-19(29)21(7-3-15-27)33-23(31)17-9-11-18(12-10-17)24(32)34-22(8-4-16-28)20(30)6-2-14-26;7-5(8)3-1-2-4-6(9)10/h2*9-12,19-22,25-30H,1-8,13-16H2;1-4H2,(H,7,8)(H,9,10).